The van der Waals surface area contributed by atoms with E-state index in [1.54, 1.807) is 30.5 Å². The lowest BCUT2D eigenvalue weighted by Gasteiger charge is -2.49. The average Bonchev–Trinajstić information content (AvgIpc) is 3.25. The molecule has 1 aromatic carbocycles. The molecule has 0 radical (unpaired) electrons. The van der Waals surface area contributed by atoms with E-state index < -0.39 is 0 Å². The molecule has 0 saturated carbocycles. The van der Waals surface area contributed by atoms with E-state index in [1.165, 1.54) is 12.8 Å². The van der Waals surface area contributed by atoms with Gasteiger partial charge in [-0.05, 0) is 68.2 Å². The summed E-state index contributed by atoms with van der Waals surface area (Å²) in [5.74, 6) is 1.57. The van der Waals surface area contributed by atoms with Crippen molar-refractivity contribution >= 4 is 5.91 Å². The number of hydrogen-bond donors (Lipinski definition) is 2. The smallest absolute Gasteiger partial charge is 0.264 e. The minimum absolute atomic E-state index is 0.00592. The average molecular weight is 412 g/mol. The zero-order valence-electron chi connectivity index (χ0n) is 17.2. The number of aromatic nitrogens is 1. The van der Waals surface area contributed by atoms with Gasteiger partial charge in [0.1, 0.15) is 12.0 Å². The number of rotatable bonds is 5. The molecule has 2 N–H and O–H groups in total. The first-order valence-corrected chi connectivity index (χ1v) is 10.8. The summed E-state index contributed by atoms with van der Waals surface area (Å²) in [6.45, 7) is 6.54. The van der Waals surface area contributed by atoms with Crippen LogP contribution in [0.3, 0.4) is 0 Å². The molecule has 3 atom stereocenters. The maximum Gasteiger partial charge on any atom is 0.264 e. The Morgan fingerprint density at radius 3 is 2.77 bits per heavy atom. The van der Waals surface area contributed by atoms with E-state index in [4.69, 9.17) is 14.0 Å². The first-order valence-electron chi connectivity index (χ1n) is 10.8. The molecule has 0 aliphatic carbocycles. The summed E-state index contributed by atoms with van der Waals surface area (Å²) in [5.41, 5.74) is 1.46. The van der Waals surface area contributed by atoms with Crippen LogP contribution in [0.25, 0.3) is 0 Å². The molecular weight excluding hydrogens is 384 g/mol. The highest BCUT2D eigenvalue weighted by Gasteiger charge is 2.40. The number of fused-ring (bicyclic) bond motifs is 3. The predicted molar refractivity (Wildman–Crippen MR) is 110 cm³/mol. The van der Waals surface area contributed by atoms with E-state index in [2.05, 4.69) is 27.6 Å². The van der Waals surface area contributed by atoms with Gasteiger partial charge in [0.15, 0.2) is 0 Å². The number of ether oxygens (including phenoxy) is 2. The molecule has 4 aliphatic rings. The highest BCUT2D eigenvalue weighted by molar-refractivity contribution is 5.94. The van der Waals surface area contributed by atoms with E-state index in [-0.39, 0.29) is 18.0 Å². The molecule has 1 aromatic heterocycles. The van der Waals surface area contributed by atoms with Crippen molar-refractivity contribution in [3.05, 3.63) is 41.7 Å². The third kappa shape index (κ3) is 3.82. The van der Waals surface area contributed by atoms with Crippen molar-refractivity contribution in [2.24, 2.45) is 5.92 Å². The van der Waals surface area contributed by atoms with E-state index in [9.17, 15) is 4.79 Å². The van der Waals surface area contributed by atoms with Gasteiger partial charge in [0, 0.05) is 24.2 Å². The monoisotopic (exact) mass is 412 g/mol. The highest BCUT2D eigenvalue weighted by Crippen LogP contribution is 2.33. The summed E-state index contributed by atoms with van der Waals surface area (Å²) in [4.78, 5) is 15.3. The van der Waals surface area contributed by atoms with E-state index in [1.807, 2.05) is 0 Å². The summed E-state index contributed by atoms with van der Waals surface area (Å²) in [7, 11) is 0. The van der Waals surface area contributed by atoms with Crippen molar-refractivity contribution in [2.75, 3.05) is 32.8 Å². The molecule has 4 saturated heterocycles. The van der Waals surface area contributed by atoms with Gasteiger partial charge in [-0.25, -0.2) is 0 Å². The van der Waals surface area contributed by atoms with Gasteiger partial charge < -0.3 is 24.6 Å². The van der Waals surface area contributed by atoms with Crippen LogP contribution < -0.4 is 15.4 Å². The molecule has 6 rings (SSSR count). The lowest BCUT2D eigenvalue weighted by molar-refractivity contribution is 0.0217. The molecule has 0 spiro atoms. The largest absolute Gasteiger partial charge is 0.436 e. The van der Waals surface area contributed by atoms with Crippen LogP contribution in [0.5, 0.6) is 11.6 Å². The SMILES string of the molecule is C[C@H]1[C@H](NC(=O)c2ccc(Oc3nocc3C3COCCN3)cc2)C2CCN1CC2. The second-order valence-electron chi connectivity index (χ2n) is 8.40. The summed E-state index contributed by atoms with van der Waals surface area (Å²) in [5, 5.41) is 10.6. The van der Waals surface area contributed by atoms with Crippen LogP contribution in [-0.2, 0) is 4.74 Å². The van der Waals surface area contributed by atoms with Crippen LogP contribution in [0.2, 0.25) is 0 Å². The second kappa shape index (κ2) is 8.37. The second-order valence-corrected chi connectivity index (χ2v) is 8.40. The molecule has 30 heavy (non-hydrogen) atoms. The van der Waals surface area contributed by atoms with Crippen LogP contribution in [-0.4, -0.2) is 60.9 Å². The van der Waals surface area contributed by atoms with Crippen molar-refractivity contribution in [1.82, 2.24) is 20.7 Å². The zero-order valence-corrected chi connectivity index (χ0v) is 17.2. The van der Waals surface area contributed by atoms with Crippen LogP contribution in [0, 0.1) is 5.92 Å². The molecule has 2 aromatic rings. The number of benzene rings is 1. The Hall–Kier alpha value is -2.42. The van der Waals surface area contributed by atoms with Crippen molar-refractivity contribution in [3.8, 4) is 11.6 Å². The number of hydrogen-bond acceptors (Lipinski definition) is 7. The molecule has 8 nitrogen and oxygen atoms in total. The molecule has 5 heterocycles. The minimum Gasteiger partial charge on any atom is -0.436 e. The Labute approximate surface area is 175 Å². The van der Waals surface area contributed by atoms with E-state index in [0.717, 1.165) is 25.2 Å². The fraction of sp³-hybridized carbons (Fsp3) is 0.545. The summed E-state index contributed by atoms with van der Waals surface area (Å²) >= 11 is 0. The summed E-state index contributed by atoms with van der Waals surface area (Å²) in [6, 6.07) is 7.77. The van der Waals surface area contributed by atoms with Gasteiger partial charge in [0.25, 0.3) is 11.8 Å². The highest BCUT2D eigenvalue weighted by atomic mass is 16.5. The van der Waals surface area contributed by atoms with Gasteiger partial charge in [-0.2, -0.15) is 0 Å². The summed E-state index contributed by atoms with van der Waals surface area (Å²) in [6.07, 6.45) is 3.92. The Bertz CT molecular complexity index is 868. The number of amides is 1. The molecule has 160 valence electrons. The van der Waals surface area contributed by atoms with Gasteiger partial charge in [-0.3, -0.25) is 9.69 Å². The number of carbonyl (C=O) groups is 1. The maximum absolute atomic E-state index is 12.8. The Morgan fingerprint density at radius 2 is 2.07 bits per heavy atom. The van der Waals surface area contributed by atoms with Crippen LogP contribution in [0.1, 0.15) is 41.7 Å². The predicted octanol–water partition coefficient (Wildman–Crippen LogP) is 2.34. The Kier molecular flexibility index (Phi) is 5.45. The quantitative estimate of drug-likeness (QED) is 0.779. The molecule has 1 unspecified atom stereocenters. The zero-order chi connectivity index (χ0) is 20.5. The maximum atomic E-state index is 12.8. The standard InChI is InChI=1S/C22H28N4O4/c1-14-20(15-6-9-26(14)10-7-15)24-21(27)16-2-4-17(5-3-16)30-22-18(12-29-25-22)19-13-28-11-8-23-19/h2-5,12,14-15,19-20,23H,6-11,13H2,1H3,(H,24,27)/t14-,19?,20-/m0/s1. The topological polar surface area (TPSA) is 88.9 Å². The van der Waals surface area contributed by atoms with Crippen molar-refractivity contribution < 1.29 is 18.8 Å². The van der Waals surface area contributed by atoms with Gasteiger partial charge in [0.2, 0.25) is 0 Å². The fourth-order valence-electron chi connectivity index (χ4n) is 4.87. The van der Waals surface area contributed by atoms with Crippen LogP contribution >= 0.6 is 0 Å². The van der Waals surface area contributed by atoms with Gasteiger partial charge in [0.05, 0.1) is 24.8 Å². The van der Waals surface area contributed by atoms with Gasteiger partial charge in [-0.15, -0.1) is 0 Å². The molecule has 2 bridgehead atoms. The minimum atomic E-state index is -0.0298. The number of piperidine rings is 3. The first kappa shape index (κ1) is 19.5. The van der Waals surface area contributed by atoms with E-state index in [0.29, 0.717) is 42.4 Å². The van der Waals surface area contributed by atoms with Gasteiger partial charge in [-0.1, -0.05) is 0 Å². The molecule has 1 amide bonds. The number of nitrogens with one attached hydrogen (secondary N) is 2. The number of carbonyl (C=O) groups excluding carboxylic acids is 1. The third-order valence-electron chi connectivity index (χ3n) is 6.67. The van der Waals surface area contributed by atoms with Crippen LogP contribution in [0.4, 0.5) is 0 Å². The number of morpholine rings is 1. The van der Waals surface area contributed by atoms with Gasteiger partial charge >= 0.3 is 0 Å². The Balaban J connectivity index is 1.23. The Morgan fingerprint density at radius 1 is 1.27 bits per heavy atom. The molecule has 8 heteroatoms. The van der Waals surface area contributed by atoms with Crippen molar-refractivity contribution in [3.63, 3.8) is 0 Å². The number of nitrogens with zero attached hydrogens (tertiary/aromatic N) is 2. The van der Waals surface area contributed by atoms with Crippen molar-refractivity contribution in [2.45, 2.75) is 37.9 Å². The molecule has 4 fully saturated rings. The molecular formula is C22H28N4O4. The van der Waals surface area contributed by atoms with Crippen LogP contribution in [0.15, 0.2) is 35.1 Å². The van der Waals surface area contributed by atoms with E-state index >= 15 is 0 Å². The summed E-state index contributed by atoms with van der Waals surface area (Å²) < 4.78 is 16.5. The van der Waals surface area contributed by atoms with Crippen molar-refractivity contribution in [1.29, 1.82) is 0 Å². The first-order chi connectivity index (χ1) is 14.7. The lowest BCUT2D eigenvalue weighted by atomic mass is 9.79. The third-order valence-corrected chi connectivity index (χ3v) is 6.67. The fourth-order valence-corrected chi connectivity index (χ4v) is 4.87. The lowest BCUT2D eigenvalue weighted by Crippen LogP contribution is -2.62. The normalized spacial score (nSPS) is 30.8. The molecule has 4 aliphatic heterocycles.